The Bertz CT molecular complexity index is 787. The van der Waals surface area contributed by atoms with Crippen LogP contribution in [0.1, 0.15) is 43.6 Å². The fourth-order valence-electron chi connectivity index (χ4n) is 3.45. The van der Waals surface area contributed by atoms with Crippen LogP contribution in [0.2, 0.25) is 0 Å². The lowest BCUT2D eigenvalue weighted by molar-refractivity contribution is 0.444. The van der Waals surface area contributed by atoms with Crippen molar-refractivity contribution in [1.29, 1.82) is 0 Å². The minimum absolute atomic E-state index is 0.550. The number of nitrogens with zero attached hydrogens (tertiary/aromatic N) is 4. The second-order valence-electron chi connectivity index (χ2n) is 5.97. The highest BCUT2D eigenvalue weighted by atomic mass is 15.3. The van der Waals surface area contributed by atoms with Crippen molar-refractivity contribution in [2.24, 2.45) is 0 Å². The van der Waals surface area contributed by atoms with Gasteiger partial charge in [-0.15, -0.1) is 5.10 Å². The van der Waals surface area contributed by atoms with Crippen LogP contribution < -0.4 is 5.73 Å². The number of aromatic nitrogens is 4. The van der Waals surface area contributed by atoms with Gasteiger partial charge in [0, 0.05) is 23.5 Å². The highest BCUT2D eigenvalue weighted by Crippen LogP contribution is 2.35. The van der Waals surface area contributed by atoms with Crippen molar-refractivity contribution in [1.82, 2.24) is 19.6 Å². The fraction of sp³-hybridized carbons (Fsp3) is 0.353. The van der Waals surface area contributed by atoms with E-state index in [0.29, 0.717) is 11.7 Å². The lowest BCUT2D eigenvalue weighted by atomic mass is 9.84. The van der Waals surface area contributed by atoms with E-state index in [4.69, 9.17) is 5.73 Å². The van der Waals surface area contributed by atoms with Gasteiger partial charge in [-0.25, -0.2) is 9.50 Å². The SMILES string of the molecule is Nc1cc(C2CCCCC2)c2ncc(-c3ccncc3)n2n1. The fourth-order valence-corrected chi connectivity index (χ4v) is 3.45. The zero-order valence-corrected chi connectivity index (χ0v) is 12.4. The molecule has 0 radical (unpaired) electrons. The summed E-state index contributed by atoms with van der Waals surface area (Å²) < 4.78 is 1.88. The Morgan fingerprint density at radius 2 is 1.86 bits per heavy atom. The van der Waals surface area contributed by atoms with Crippen LogP contribution in [0.15, 0.2) is 36.8 Å². The van der Waals surface area contributed by atoms with Gasteiger partial charge in [-0.2, -0.15) is 0 Å². The molecule has 4 rings (SSSR count). The van der Waals surface area contributed by atoms with Crippen LogP contribution in [-0.4, -0.2) is 19.6 Å². The molecule has 0 spiro atoms. The number of nitrogens with two attached hydrogens (primary N) is 1. The van der Waals surface area contributed by atoms with Gasteiger partial charge in [-0.1, -0.05) is 19.3 Å². The summed E-state index contributed by atoms with van der Waals surface area (Å²) in [5.74, 6) is 1.11. The molecule has 5 nitrogen and oxygen atoms in total. The molecule has 0 bridgehead atoms. The molecule has 22 heavy (non-hydrogen) atoms. The first-order valence-corrected chi connectivity index (χ1v) is 7.87. The molecule has 0 aromatic carbocycles. The van der Waals surface area contributed by atoms with E-state index in [1.807, 2.05) is 28.9 Å². The molecule has 1 saturated carbocycles. The Hall–Kier alpha value is -2.43. The zero-order valence-electron chi connectivity index (χ0n) is 12.4. The van der Waals surface area contributed by atoms with Crippen LogP contribution in [0.5, 0.6) is 0 Å². The van der Waals surface area contributed by atoms with Crippen molar-refractivity contribution in [2.75, 3.05) is 5.73 Å². The zero-order chi connectivity index (χ0) is 14.9. The van der Waals surface area contributed by atoms with Gasteiger partial charge in [-0.05, 0) is 37.0 Å². The molecule has 0 aliphatic heterocycles. The largest absolute Gasteiger partial charge is 0.382 e. The average Bonchev–Trinajstić information content (AvgIpc) is 2.99. The van der Waals surface area contributed by atoms with Gasteiger partial charge < -0.3 is 5.73 Å². The van der Waals surface area contributed by atoms with Gasteiger partial charge in [0.15, 0.2) is 5.65 Å². The molecular formula is C17H19N5. The predicted octanol–water partition coefficient (Wildman–Crippen LogP) is 3.42. The summed E-state index contributed by atoms with van der Waals surface area (Å²) >= 11 is 0. The third-order valence-electron chi connectivity index (χ3n) is 4.54. The number of imidazole rings is 1. The average molecular weight is 293 g/mol. The molecule has 1 aliphatic carbocycles. The Morgan fingerprint density at radius 3 is 2.64 bits per heavy atom. The van der Waals surface area contributed by atoms with Crippen molar-refractivity contribution in [3.8, 4) is 11.3 Å². The summed E-state index contributed by atoms with van der Waals surface area (Å²) in [6.45, 7) is 0. The monoisotopic (exact) mass is 293 g/mol. The summed E-state index contributed by atoms with van der Waals surface area (Å²) in [5, 5.41) is 4.48. The molecule has 0 amide bonds. The van der Waals surface area contributed by atoms with E-state index in [-0.39, 0.29) is 0 Å². The van der Waals surface area contributed by atoms with E-state index >= 15 is 0 Å². The molecule has 3 aromatic heterocycles. The molecule has 112 valence electrons. The van der Waals surface area contributed by atoms with Crippen LogP contribution in [0, 0.1) is 0 Å². The van der Waals surface area contributed by atoms with E-state index in [1.165, 1.54) is 37.7 Å². The quantitative estimate of drug-likeness (QED) is 0.786. The van der Waals surface area contributed by atoms with E-state index < -0.39 is 0 Å². The summed E-state index contributed by atoms with van der Waals surface area (Å²) in [6.07, 6.45) is 11.8. The first-order valence-electron chi connectivity index (χ1n) is 7.87. The predicted molar refractivity (Wildman–Crippen MR) is 86.5 cm³/mol. The molecular weight excluding hydrogens is 274 g/mol. The van der Waals surface area contributed by atoms with Crippen LogP contribution >= 0.6 is 0 Å². The lowest BCUT2D eigenvalue weighted by Crippen LogP contribution is -2.09. The first kappa shape index (κ1) is 13.2. The molecule has 3 heterocycles. The van der Waals surface area contributed by atoms with E-state index in [0.717, 1.165) is 16.9 Å². The minimum atomic E-state index is 0.550. The van der Waals surface area contributed by atoms with Gasteiger partial charge in [0.2, 0.25) is 0 Å². The maximum absolute atomic E-state index is 6.07. The molecule has 5 heteroatoms. The van der Waals surface area contributed by atoms with Gasteiger partial charge >= 0.3 is 0 Å². The summed E-state index contributed by atoms with van der Waals surface area (Å²) in [6, 6.07) is 5.94. The minimum Gasteiger partial charge on any atom is -0.382 e. The molecule has 3 aromatic rings. The third-order valence-corrected chi connectivity index (χ3v) is 4.54. The van der Waals surface area contributed by atoms with Crippen LogP contribution in [0.25, 0.3) is 16.9 Å². The number of rotatable bonds is 2. The number of pyridine rings is 1. The molecule has 0 unspecified atom stereocenters. The van der Waals surface area contributed by atoms with Gasteiger partial charge in [0.05, 0.1) is 11.9 Å². The summed E-state index contributed by atoms with van der Waals surface area (Å²) in [7, 11) is 0. The first-order chi connectivity index (χ1) is 10.8. The Labute approximate surface area is 129 Å². The van der Waals surface area contributed by atoms with Crippen LogP contribution in [0.4, 0.5) is 5.82 Å². The molecule has 2 N–H and O–H groups in total. The van der Waals surface area contributed by atoms with Crippen LogP contribution in [0.3, 0.4) is 0 Å². The molecule has 0 atom stereocenters. The number of fused-ring (bicyclic) bond motifs is 1. The summed E-state index contributed by atoms with van der Waals surface area (Å²) in [4.78, 5) is 8.70. The normalized spacial score (nSPS) is 16.2. The van der Waals surface area contributed by atoms with Crippen LogP contribution in [-0.2, 0) is 0 Å². The number of hydrogen-bond acceptors (Lipinski definition) is 4. The summed E-state index contributed by atoms with van der Waals surface area (Å²) in [5.41, 5.74) is 10.3. The number of nitrogen functional groups attached to an aromatic ring is 1. The maximum Gasteiger partial charge on any atom is 0.157 e. The van der Waals surface area contributed by atoms with Crippen molar-refractivity contribution in [3.63, 3.8) is 0 Å². The Kier molecular flexibility index (Phi) is 3.25. The number of hydrogen-bond donors (Lipinski definition) is 1. The van der Waals surface area contributed by atoms with E-state index in [2.05, 4.69) is 15.1 Å². The molecule has 1 fully saturated rings. The molecule has 1 aliphatic rings. The highest BCUT2D eigenvalue weighted by molar-refractivity contribution is 5.65. The van der Waals surface area contributed by atoms with Gasteiger partial charge in [0.1, 0.15) is 5.82 Å². The second-order valence-corrected chi connectivity index (χ2v) is 5.97. The number of anilines is 1. The van der Waals surface area contributed by atoms with Crippen molar-refractivity contribution >= 4 is 11.5 Å². The van der Waals surface area contributed by atoms with Gasteiger partial charge in [-0.3, -0.25) is 4.98 Å². The highest BCUT2D eigenvalue weighted by Gasteiger charge is 2.21. The van der Waals surface area contributed by atoms with Crippen molar-refractivity contribution in [3.05, 3.63) is 42.4 Å². The van der Waals surface area contributed by atoms with Crippen molar-refractivity contribution < 1.29 is 0 Å². The Morgan fingerprint density at radius 1 is 1.09 bits per heavy atom. The van der Waals surface area contributed by atoms with E-state index in [1.54, 1.807) is 12.4 Å². The van der Waals surface area contributed by atoms with Gasteiger partial charge in [0.25, 0.3) is 0 Å². The standard InChI is InChI=1S/C17H19N5/c18-16-10-14(12-4-2-1-3-5-12)17-20-11-15(22(17)21-16)13-6-8-19-9-7-13/h6-12H,1-5H2,(H2,18,21). The maximum atomic E-state index is 6.07. The Balaban J connectivity index is 1.87. The smallest absolute Gasteiger partial charge is 0.157 e. The molecule has 0 saturated heterocycles. The third kappa shape index (κ3) is 2.22. The lowest BCUT2D eigenvalue weighted by Gasteiger charge is -2.22. The van der Waals surface area contributed by atoms with Crippen molar-refractivity contribution in [2.45, 2.75) is 38.0 Å². The van der Waals surface area contributed by atoms with E-state index in [9.17, 15) is 0 Å². The second kappa shape index (κ2) is 5.40. The topological polar surface area (TPSA) is 69.1 Å².